The van der Waals surface area contributed by atoms with E-state index in [9.17, 15) is 5.11 Å². The molecule has 2 aromatic rings. The van der Waals surface area contributed by atoms with Crippen molar-refractivity contribution in [2.24, 2.45) is 0 Å². The lowest BCUT2D eigenvalue weighted by Crippen LogP contribution is -2.60. The third-order valence-electron chi connectivity index (χ3n) is 5.30. The van der Waals surface area contributed by atoms with Crippen molar-refractivity contribution in [1.82, 2.24) is 9.88 Å². The Morgan fingerprint density at radius 2 is 1.83 bits per heavy atom. The molecule has 0 spiro atoms. The SMILES string of the molecule is Cc1ccc(C2(O)CC3COCC(C2)N3Cc2ccccc2)nc1. The van der Waals surface area contributed by atoms with Gasteiger partial charge in [0.15, 0.2) is 0 Å². The third-order valence-corrected chi connectivity index (χ3v) is 5.30. The van der Waals surface area contributed by atoms with Gasteiger partial charge in [0.05, 0.1) is 18.9 Å². The zero-order valence-electron chi connectivity index (χ0n) is 14.1. The van der Waals surface area contributed by atoms with E-state index in [2.05, 4.69) is 34.1 Å². The molecule has 1 N–H and O–H groups in total. The molecule has 0 aliphatic carbocycles. The number of aromatic nitrogens is 1. The van der Waals surface area contributed by atoms with Crippen LogP contribution >= 0.6 is 0 Å². The maximum Gasteiger partial charge on any atom is 0.110 e. The Balaban J connectivity index is 1.57. The highest BCUT2D eigenvalue weighted by Gasteiger charge is 2.47. The number of aliphatic hydroxyl groups is 1. The number of aryl methyl sites for hydroxylation is 1. The molecule has 4 heteroatoms. The van der Waals surface area contributed by atoms with Gasteiger partial charge in [0.2, 0.25) is 0 Å². The van der Waals surface area contributed by atoms with Gasteiger partial charge >= 0.3 is 0 Å². The molecule has 0 amide bonds. The van der Waals surface area contributed by atoms with Crippen molar-refractivity contribution in [3.8, 4) is 0 Å². The molecule has 3 heterocycles. The Labute approximate surface area is 143 Å². The second-order valence-corrected chi connectivity index (χ2v) is 7.16. The second-order valence-electron chi connectivity index (χ2n) is 7.16. The smallest absolute Gasteiger partial charge is 0.110 e. The summed E-state index contributed by atoms with van der Waals surface area (Å²) in [5, 5.41) is 11.3. The largest absolute Gasteiger partial charge is 0.383 e. The number of morpholine rings is 1. The highest BCUT2D eigenvalue weighted by atomic mass is 16.5. The van der Waals surface area contributed by atoms with Crippen molar-refractivity contribution >= 4 is 0 Å². The molecule has 2 aliphatic heterocycles. The maximum absolute atomic E-state index is 11.3. The van der Waals surface area contributed by atoms with Gasteiger partial charge in [-0.15, -0.1) is 0 Å². The molecule has 2 unspecified atom stereocenters. The van der Waals surface area contributed by atoms with Crippen molar-refractivity contribution in [1.29, 1.82) is 0 Å². The summed E-state index contributed by atoms with van der Waals surface area (Å²) in [6, 6.07) is 15.0. The van der Waals surface area contributed by atoms with Crippen LogP contribution in [0.4, 0.5) is 0 Å². The molecule has 4 rings (SSSR count). The number of ether oxygens (including phenoxy) is 1. The fourth-order valence-corrected chi connectivity index (χ4v) is 4.05. The Hall–Kier alpha value is -1.75. The number of piperidine rings is 1. The van der Waals surface area contributed by atoms with E-state index < -0.39 is 5.60 Å². The maximum atomic E-state index is 11.3. The van der Waals surface area contributed by atoms with E-state index >= 15 is 0 Å². The Bertz CT molecular complexity index is 673. The van der Waals surface area contributed by atoms with Crippen LogP contribution in [0, 0.1) is 6.92 Å². The Morgan fingerprint density at radius 1 is 1.12 bits per heavy atom. The number of hydrogen-bond donors (Lipinski definition) is 1. The molecule has 1 aromatic heterocycles. The van der Waals surface area contributed by atoms with E-state index in [1.54, 1.807) is 0 Å². The highest BCUT2D eigenvalue weighted by molar-refractivity contribution is 5.21. The van der Waals surface area contributed by atoms with E-state index in [0.717, 1.165) is 17.8 Å². The molecular formula is C20H24N2O2. The average Bonchev–Trinajstić information content (AvgIpc) is 2.57. The van der Waals surface area contributed by atoms with E-state index in [1.165, 1.54) is 5.56 Å². The number of rotatable bonds is 3. The number of hydrogen-bond acceptors (Lipinski definition) is 4. The lowest BCUT2D eigenvalue weighted by atomic mass is 9.78. The van der Waals surface area contributed by atoms with Gasteiger partial charge in [0, 0.05) is 24.8 Å². The van der Waals surface area contributed by atoms with Gasteiger partial charge in [-0.25, -0.2) is 0 Å². The number of nitrogens with zero attached hydrogens (tertiary/aromatic N) is 2. The first-order chi connectivity index (χ1) is 11.6. The summed E-state index contributed by atoms with van der Waals surface area (Å²) in [7, 11) is 0. The van der Waals surface area contributed by atoms with E-state index in [-0.39, 0.29) is 12.1 Å². The summed E-state index contributed by atoms with van der Waals surface area (Å²) in [6.45, 7) is 4.29. The van der Waals surface area contributed by atoms with Crippen LogP contribution in [0.25, 0.3) is 0 Å². The summed E-state index contributed by atoms with van der Waals surface area (Å²) < 4.78 is 5.78. The van der Waals surface area contributed by atoms with E-state index in [4.69, 9.17) is 4.74 Å². The zero-order chi connectivity index (χ0) is 16.6. The fraction of sp³-hybridized carbons (Fsp3) is 0.450. The summed E-state index contributed by atoms with van der Waals surface area (Å²) in [5.74, 6) is 0. The lowest BCUT2D eigenvalue weighted by molar-refractivity contribution is -0.150. The van der Waals surface area contributed by atoms with Crippen LogP contribution in [0.1, 0.15) is 29.7 Å². The topological polar surface area (TPSA) is 45.6 Å². The molecule has 2 saturated heterocycles. The molecule has 0 radical (unpaired) electrons. The average molecular weight is 324 g/mol. The second kappa shape index (κ2) is 6.28. The van der Waals surface area contributed by atoms with Crippen LogP contribution < -0.4 is 0 Å². The first-order valence-electron chi connectivity index (χ1n) is 8.67. The molecular weight excluding hydrogens is 300 g/mol. The van der Waals surface area contributed by atoms with Crippen LogP contribution in [0.15, 0.2) is 48.7 Å². The molecule has 0 saturated carbocycles. The molecule has 24 heavy (non-hydrogen) atoms. The van der Waals surface area contributed by atoms with Crippen LogP contribution in [0.3, 0.4) is 0 Å². The molecule has 126 valence electrons. The van der Waals surface area contributed by atoms with Crippen molar-refractivity contribution < 1.29 is 9.84 Å². The van der Waals surface area contributed by atoms with Crippen molar-refractivity contribution in [2.45, 2.75) is 44.0 Å². The normalized spacial score (nSPS) is 30.2. The van der Waals surface area contributed by atoms with Crippen LogP contribution in [-0.2, 0) is 16.9 Å². The molecule has 4 nitrogen and oxygen atoms in total. The number of benzene rings is 1. The summed E-state index contributed by atoms with van der Waals surface area (Å²) >= 11 is 0. The molecule has 2 bridgehead atoms. The van der Waals surface area contributed by atoms with Crippen LogP contribution in [0.5, 0.6) is 0 Å². The van der Waals surface area contributed by atoms with Crippen LogP contribution in [0.2, 0.25) is 0 Å². The van der Waals surface area contributed by atoms with Crippen molar-refractivity contribution in [3.05, 3.63) is 65.5 Å². The molecule has 2 aliphatic rings. The predicted molar refractivity (Wildman–Crippen MR) is 92.5 cm³/mol. The standard InChI is InChI=1S/C20H24N2O2/c1-15-7-8-19(21-11-15)20(23)9-17-13-24-14-18(10-20)22(17)12-16-5-3-2-4-6-16/h2-8,11,17-18,23H,9-10,12-14H2,1H3. The van der Waals surface area contributed by atoms with Crippen molar-refractivity contribution in [2.75, 3.05) is 13.2 Å². The fourth-order valence-electron chi connectivity index (χ4n) is 4.05. The minimum absolute atomic E-state index is 0.228. The summed E-state index contributed by atoms with van der Waals surface area (Å²) in [5.41, 5.74) is 2.38. The van der Waals surface area contributed by atoms with Crippen LogP contribution in [-0.4, -0.2) is 40.3 Å². The van der Waals surface area contributed by atoms with Gasteiger partial charge in [-0.1, -0.05) is 36.4 Å². The van der Waals surface area contributed by atoms with Gasteiger partial charge in [-0.05, 0) is 37.0 Å². The van der Waals surface area contributed by atoms with Crippen molar-refractivity contribution in [3.63, 3.8) is 0 Å². The zero-order valence-corrected chi connectivity index (χ0v) is 14.1. The molecule has 2 atom stereocenters. The van der Waals surface area contributed by atoms with E-state index in [1.807, 2.05) is 31.3 Å². The minimum Gasteiger partial charge on any atom is -0.383 e. The Kier molecular flexibility index (Phi) is 4.12. The summed E-state index contributed by atoms with van der Waals surface area (Å²) in [4.78, 5) is 7.00. The predicted octanol–water partition coefficient (Wildman–Crippen LogP) is 2.64. The van der Waals surface area contributed by atoms with Gasteiger partial charge in [-0.2, -0.15) is 0 Å². The number of fused-ring (bicyclic) bond motifs is 2. The third kappa shape index (κ3) is 2.97. The molecule has 2 fully saturated rings. The first kappa shape index (κ1) is 15.8. The van der Waals surface area contributed by atoms with Gasteiger partial charge < -0.3 is 9.84 Å². The van der Waals surface area contributed by atoms with Gasteiger partial charge in [0.1, 0.15) is 5.60 Å². The monoisotopic (exact) mass is 324 g/mol. The lowest BCUT2D eigenvalue weighted by Gasteiger charge is -2.51. The number of pyridine rings is 1. The van der Waals surface area contributed by atoms with Gasteiger partial charge in [-0.3, -0.25) is 9.88 Å². The molecule has 1 aromatic carbocycles. The quantitative estimate of drug-likeness (QED) is 0.943. The summed E-state index contributed by atoms with van der Waals surface area (Å²) in [6.07, 6.45) is 3.19. The minimum atomic E-state index is -0.847. The van der Waals surface area contributed by atoms with E-state index in [0.29, 0.717) is 26.1 Å². The Morgan fingerprint density at radius 3 is 2.46 bits per heavy atom. The van der Waals surface area contributed by atoms with Gasteiger partial charge in [0.25, 0.3) is 0 Å². The highest BCUT2D eigenvalue weighted by Crippen LogP contribution is 2.40. The first-order valence-corrected chi connectivity index (χ1v) is 8.67.